The van der Waals surface area contributed by atoms with Gasteiger partial charge in [-0.25, -0.2) is 0 Å². The van der Waals surface area contributed by atoms with Gasteiger partial charge >= 0.3 is 0 Å². The third-order valence-electron chi connectivity index (χ3n) is 1.12. The number of hydrogen-bond donors (Lipinski definition) is 0. The van der Waals surface area contributed by atoms with Gasteiger partial charge in [0, 0.05) is 4.90 Å². The maximum absolute atomic E-state index is 5.76. The maximum Gasteiger partial charge on any atom is 0.144 e. The molecule has 1 aromatic rings. The van der Waals surface area contributed by atoms with Crippen LogP contribution in [0.2, 0.25) is 0 Å². The van der Waals surface area contributed by atoms with Gasteiger partial charge < -0.3 is 0 Å². The average Bonchev–Trinajstić information content (AvgIpc) is 2.06. The van der Waals surface area contributed by atoms with E-state index in [2.05, 4.69) is 6.58 Å². The Bertz CT molecular complexity index is 220. The third-order valence-corrected chi connectivity index (χ3v) is 2.37. The summed E-state index contributed by atoms with van der Waals surface area (Å²) in [4.78, 5) is 1.14. The van der Waals surface area contributed by atoms with Gasteiger partial charge in [-0.15, -0.1) is 6.58 Å². The van der Waals surface area contributed by atoms with Gasteiger partial charge in [0.15, 0.2) is 0 Å². The summed E-state index contributed by atoms with van der Waals surface area (Å²) in [7, 11) is 0. The molecule has 57 valence electrons. The Morgan fingerprint density at radius 2 is 2.00 bits per heavy atom. The van der Waals surface area contributed by atoms with Crippen molar-refractivity contribution in [2.24, 2.45) is 0 Å². The second kappa shape index (κ2) is 4.47. The highest BCUT2D eigenvalue weighted by atomic mass is 35.5. The molecule has 0 aromatic heterocycles. The van der Waals surface area contributed by atoms with Crippen molar-refractivity contribution < 1.29 is 0 Å². The Morgan fingerprint density at radius 3 is 2.55 bits per heavy atom. The van der Waals surface area contributed by atoms with E-state index in [0.717, 1.165) is 4.90 Å². The number of rotatable bonds is 3. The van der Waals surface area contributed by atoms with E-state index in [-0.39, 0.29) is 0 Å². The van der Waals surface area contributed by atoms with Crippen molar-refractivity contribution in [2.75, 3.05) is 0 Å². The summed E-state index contributed by atoms with van der Waals surface area (Å²) in [5.74, 6) is 0. The lowest BCUT2D eigenvalue weighted by Gasteiger charge is -2.00. The van der Waals surface area contributed by atoms with E-state index >= 15 is 0 Å². The van der Waals surface area contributed by atoms with Gasteiger partial charge in [-0.05, 0) is 12.1 Å². The molecule has 0 nitrogen and oxygen atoms in total. The van der Waals surface area contributed by atoms with Gasteiger partial charge in [-0.1, -0.05) is 47.6 Å². The number of thioether (sulfide) groups is 1. The predicted octanol–water partition coefficient (Wildman–Crippen LogP) is 3.69. The van der Waals surface area contributed by atoms with Gasteiger partial charge in [-0.2, -0.15) is 0 Å². The van der Waals surface area contributed by atoms with Gasteiger partial charge in [0.05, 0.1) is 0 Å². The Balaban J connectivity index is 2.57. The Hall–Kier alpha value is -0.400. The zero-order valence-corrected chi connectivity index (χ0v) is 7.53. The second-order valence-electron chi connectivity index (χ2n) is 1.92. The van der Waals surface area contributed by atoms with E-state index in [0.29, 0.717) is 4.71 Å². The minimum Gasteiger partial charge on any atom is -0.100 e. The quantitative estimate of drug-likeness (QED) is 0.645. The summed E-state index contributed by atoms with van der Waals surface area (Å²) in [6.45, 7) is 3.57. The molecule has 11 heavy (non-hydrogen) atoms. The molecule has 0 atom stereocenters. The topological polar surface area (TPSA) is 0 Å². The van der Waals surface area contributed by atoms with Crippen LogP contribution in [0.5, 0.6) is 0 Å². The smallest absolute Gasteiger partial charge is 0.100 e. The zero-order valence-electron chi connectivity index (χ0n) is 5.96. The van der Waals surface area contributed by atoms with Gasteiger partial charge in [0.25, 0.3) is 0 Å². The van der Waals surface area contributed by atoms with Crippen molar-refractivity contribution in [3.63, 3.8) is 0 Å². The molecule has 0 N–H and O–H groups in total. The largest absolute Gasteiger partial charge is 0.144 e. The van der Waals surface area contributed by atoms with E-state index in [1.54, 1.807) is 6.08 Å². The summed E-state index contributed by atoms with van der Waals surface area (Å²) >= 11 is 7.27. The summed E-state index contributed by atoms with van der Waals surface area (Å²) in [6, 6.07) is 9.96. The molecule has 0 aliphatic carbocycles. The number of halogens is 1. The van der Waals surface area contributed by atoms with E-state index in [1.807, 2.05) is 30.3 Å². The summed E-state index contributed by atoms with van der Waals surface area (Å²) in [5, 5.41) is 0. The van der Waals surface area contributed by atoms with Gasteiger partial charge in [0.1, 0.15) is 4.71 Å². The maximum atomic E-state index is 5.76. The number of benzene rings is 1. The highest BCUT2D eigenvalue weighted by Gasteiger charge is 2.00. The molecule has 0 heterocycles. The lowest BCUT2D eigenvalue weighted by atomic mass is 10.4. The SMILES string of the molecule is C=C[C](Cl)Sc1ccccc1. The molecule has 0 fully saturated rings. The Labute approximate surface area is 76.3 Å². The van der Waals surface area contributed by atoms with Crippen molar-refractivity contribution in [2.45, 2.75) is 4.90 Å². The Kier molecular flexibility index (Phi) is 3.53. The van der Waals surface area contributed by atoms with E-state index < -0.39 is 0 Å². The van der Waals surface area contributed by atoms with Crippen LogP contribution < -0.4 is 0 Å². The fraction of sp³-hybridized carbons (Fsp3) is 0. The highest BCUT2D eigenvalue weighted by Crippen LogP contribution is 2.31. The molecule has 2 heteroatoms. The lowest BCUT2D eigenvalue weighted by molar-refractivity contribution is 1.47. The molecule has 0 aliphatic rings. The first-order valence-electron chi connectivity index (χ1n) is 3.20. The molecular formula is C9H8ClS. The second-order valence-corrected chi connectivity index (χ2v) is 3.67. The first-order chi connectivity index (χ1) is 5.33. The normalized spacial score (nSPS) is 10.0. The highest BCUT2D eigenvalue weighted by molar-refractivity contribution is 8.03. The third kappa shape index (κ3) is 3.00. The van der Waals surface area contributed by atoms with Crippen molar-refractivity contribution in [1.29, 1.82) is 0 Å². The van der Waals surface area contributed by atoms with Crippen LogP contribution in [0, 0.1) is 4.71 Å². The van der Waals surface area contributed by atoms with E-state index in [1.165, 1.54) is 11.8 Å². The van der Waals surface area contributed by atoms with Crippen molar-refractivity contribution in [3.05, 3.63) is 47.7 Å². The minimum absolute atomic E-state index is 0.705. The molecule has 0 aliphatic heterocycles. The first-order valence-corrected chi connectivity index (χ1v) is 4.40. The van der Waals surface area contributed by atoms with Crippen LogP contribution in [-0.2, 0) is 0 Å². The van der Waals surface area contributed by atoms with Crippen LogP contribution in [0.3, 0.4) is 0 Å². The van der Waals surface area contributed by atoms with Crippen LogP contribution in [0.1, 0.15) is 0 Å². The molecule has 1 radical (unpaired) electrons. The van der Waals surface area contributed by atoms with Gasteiger partial charge in [-0.3, -0.25) is 0 Å². The van der Waals surface area contributed by atoms with Crippen LogP contribution >= 0.6 is 23.4 Å². The monoisotopic (exact) mass is 183 g/mol. The van der Waals surface area contributed by atoms with E-state index in [9.17, 15) is 0 Å². The zero-order chi connectivity index (χ0) is 8.10. The van der Waals surface area contributed by atoms with Crippen LogP contribution in [0.15, 0.2) is 47.9 Å². The van der Waals surface area contributed by atoms with Crippen molar-refractivity contribution in [3.8, 4) is 0 Å². The average molecular weight is 184 g/mol. The summed E-state index contributed by atoms with van der Waals surface area (Å²) < 4.78 is 0.705. The molecular weight excluding hydrogens is 176 g/mol. The first kappa shape index (κ1) is 8.69. The molecule has 0 amide bonds. The summed E-state index contributed by atoms with van der Waals surface area (Å²) in [6.07, 6.45) is 1.64. The van der Waals surface area contributed by atoms with Crippen LogP contribution in [0.25, 0.3) is 0 Å². The fourth-order valence-electron chi connectivity index (χ4n) is 0.643. The molecule has 0 bridgehead atoms. The molecule has 0 saturated heterocycles. The van der Waals surface area contributed by atoms with Gasteiger partial charge in [0.2, 0.25) is 0 Å². The Morgan fingerprint density at radius 1 is 1.36 bits per heavy atom. The predicted molar refractivity (Wildman–Crippen MR) is 51.6 cm³/mol. The standard InChI is InChI=1S/C9H8ClS/c1-2-9(10)11-8-6-4-3-5-7-8/h2-7H,1H2. The summed E-state index contributed by atoms with van der Waals surface area (Å²) in [5.41, 5.74) is 0. The molecule has 1 rings (SSSR count). The lowest BCUT2D eigenvalue weighted by Crippen LogP contribution is -1.73. The number of hydrogen-bond acceptors (Lipinski definition) is 1. The molecule has 1 aromatic carbocycles. The minimum atomic E-state index is 0.705. The van der Waals surface area contributed by atoms with Crippen LogP contribution in [0.4, 0.5) is 0 Å². The molecule has 0 unspecified atom stereocenters. The van der Waals surface area contributed by atoms with Crippen LogP contribution in [-0.4, -0.2) is 0 Å². The fourth-order valence-corrected chi connectivity index (χ4v) is 1.51. The van der Waals surface area contributed by atoms with Crippen molar-refractivity contribution >= 4 is 23.4 Å². The van der Waals surface area contributed by atoms with E-state index in [4.69, 9.17) is 11.6 Å². The van der Waals surface area contributed by atoms with Crippen molar-refractivity contribution in [1.82, 2.24) is 0 Å². The molecule has 0 spiro atoms. The molecule has 0 saturated carbocycles.